The number of aliphatic hydroxyl groups is 1. The minimum absolute atomic E-state index is 0.0245. The molecular weight excluding hydrogens is 486 g/mol. The third-order valence-corrected chi connectivity index (χ3v) is 7.18. The van der Waals surface area contributed by atoms with Crippen LogP contribution in [0.25, 0.3) is 5.69 Å². The number of hydrogen-bond acceptors (Lipinski definition) is 6. The van der Waals surface area contributed by atoms with Crippen LogP contribution in [0, 0.1) is 6.92 Å². The van der Waals surface area contributed by atoms with E-state index in [-0.39, 0.29) is 36.4 Å². The Balaban J connectivity index is 1.46. The molecule has 0 unspecified atom stereocenters. The van der Waals surface area contributed by atoms with Crippen molar-refractivity contribution in [2.75, 3.05) is 26.3 Å². The Morgan fingerprint density at radius 2 is 1.74 bits per heavy atom. The van der Waals surface area contributed by atoms with Crippen molar-refractivity contribution in [1.82, 2.24) is 14.3 Å². The molecule has 1 fully saturated rings. The molecule has 2 atom stereocenters. The van der Waals surface area contributed by atoms with Gasteiger partial charge >= 0.3 is 0 Å². The molecule has 9 nitrogen and oxygen atoms in total. The molecule has 1 saturated heterocycles. The van der Waals surface area contributed by atoms with Gasteiger partial charge in [0, 0.05) is 43.7 Å². The summed E-state index contributed by atoms with van der Waals surface area (Å²) in [4.78, 5) is 28.8. The molecule has 5 rings (SSSR count). The van der Waals surface area contributed by atoms with Gasteiger partial charge < -0.3 is 24.2 Å². The predicted molar refractivity (Wildman–Crippen MR) is 141 cm³/mol. The van der Waals surface area contributed by atoms with E-state index in [1.54, 1.807) is 15.7 Å². The zero-order valence-electron chi connectivity index (χ0n) is 21.7. The van der Waals surface area contributed by atoms with Crippen molar-refractivity contribution < 1.29 is 24.1 Å². The molecule has 9 heteroatoms. The summed E-state index contributed by atoms with van der Waals surface area (Å²) in [6.45, 7) is 4.09. The minimum Gasteiger partial charge on any atom is -0.459 e. The topological polar surface area (TPSA) is 95.2 Å². The fourth-order valence-corrected chi connectivity index (χ4v) is 4.98. The van der Waals surface area contributed by atoms with Crippen LogP contribution in [0.3, 0.4) is 0 Å². The molecule has 1 amide bonds. The second-order valence-corrected chi connectivity index (χ2v) is 9.59. The van der Waals surface area contributed by atoms with E-state index in [2.05, 4.69) is 0 Å². The lowest BCUT2D eigenvalue weighted by molar-refractivity contribution is -0.158. The molecule has 2 aromatic carbocycles. The van der Waals surface area contributed by atoms with Gasteiger partial charge in [-0.1, -0.05) is 42.5 Å². The largest absolute Gasteiger partial charge is 0.459 e. The van der Waals surface area contributed by atoms with Crippen molar-refractivity contribution in [1.29, 1.82) is 0 Å². The molecule has 0 radical (unpaired) electrons. The molecule has 2 aliphatic heterocycles. The van der Waals surface area contributed by atoms with Gasteiger partial charge in [0.25, 0.3) is 11.5 Å². The van der Waals surface area contributed by atoms with E-state index < -0.39 is 6.29 Å². The van der Waals surface area contributed by atoms with E-state index in [0.29, 0.717) is 38.3 Å². The number of carbonyl (C=O) groups excluding carboxylic acids is 1. The molecule has 0 aliphatic carbocycles. The zero-order valence-corrected chi connectivity index (χ0v) is 21.7. The first-order valence-electron chi connectivity index (χ1n) is 12.9. The average molecular weight is 520 g/mol. The lowest BCUT2D eigenvalue weighted by Crippen LogP contribution is -2.43. The Hall–Kier alpha value is -3.66. The smallest absolute Gasteiger partial charge is 0.288 e. The fraction of sp³-hybridized carbons (Fsp3) is 0.379. The van der Waals surface area contributed by atoms with Crippen molar-refractivity contribution in [2.24, 2.45) is 7.05 Å². The summed E-state index contributed by atoms with van der Waals surface area (Å²) in [5.41, 5.74) is 3.81. The van der Waals surface area contributed by atoms with Crippen LogP contribution in [0.5, 0.6) is 0 Å². The van der Waals surface area contributed by atoms with Crippen LogP contribution in [0.4, 0.5) is 0 Å². The minimum atomic E-state index is -0.716. The number of aromatic nitrogens is 2. The summed E-state index contributed by atoms with van der Waals surface area (Å²) in [5.74, 6) is -0.400. The maximum Gasteiger partial charge on any atom is 0.288 e. The quantitative estimate of drug-likeness (QED) is 0.516. The van der Waals surface area contributed by atoms with Crippen molar-refractivity contribution in [3.8, 4) is 5.69 Å². The lowest BCUT2D eigenvalue weighted by atomic mass is 9.93. The average Bonchev–Trinajstić information content (AvgIpc) is 3.19. The normalized spacial score (nSPS) is 19.7. The molecule has 38 heavy (non-hydrogen) atoms. The molecule has 3 aromatic rings. The van der Waals surface area contributed by atoms with Gasteiger partial charge in [-0.25, -0.2) is 4.68 Å². The number of rotatable bonds is 7. The van der Waals surface area contributed by atoms with Gasteiger partial charge in [0.2, 0.25) is 6.29 Å². The van der Waals surface area contributed by atoms with Crippen molar-refractivity contribution in [3.05, 3.63) is 99.2 Å². The molecule has 200 valence electrons. The Morgan fingerprint density at radius 1 is 1.05 bits per heavy atom. The number of carbonyl (C=O) groups is 1. The van der Waals surface area contributed by atoms with Gasteiger partial charge in [-0.2, -0.15) is 0 Å². The van der Waals surface area contributed by atoms with Gasteiger partial charge in [-0.15, -0.1) is 0 Å². The Morgan fingerprint density at radius 3 is 2.42 bits per heavy atom. The van der Waals surface area contributed by atoms with Gasteiger partial charge in [0.15, 0.2) is 5.76 Å². The standard InChI is InChI=1S/C29H33N3O6/c1-20-27(29(35)32(30(20)2)24-6-4-3-5-7-24)23-16-25(28(34)31-12-14-36-15-13-31)38-26(17-23)37-19-22-10-8-21(18-33)9-11-22/h3-11,16,23,26,33H,12-15,17-19H2,1-2H3/t23-,26+/m1/s1. The van der Waals surface area contributed by atoms with Crippen LogP contribution in [0.2, 0.25) is 0 Å². The highest BCUT2D eigenvalue weighted by molar-refractivity contribution is 5.91. The molecule has 1 aromatic heterocycles. The predicted octanol–water partition coefficient (Wildman–Crippen LogP) is 2.77. The summed E-state index contributed by atoms with van der Waals surface area (Å²) in [7, 11) is 1.86. The highest BCUT2D eigenvalue weighted by Crippen LogP contribution is 2.33. The Kier molecular flexibility index (Phi) is 7.78. The molecular formula is C29H33N3O6. The summed E-state index contributed by atoms with van der Waals surface area (Å²) in [6.07, 6.45) is 1.45. The van der Waals surface area contributed by atoms with Crippen molar-refractivity contribution in [3.63, 3.8) is 0 Å². The van der Waals surface area contributed by atoms with E-state index in [0.717, 1.165) is 22.5 Å². The first-order chi connectivity index (χ1) is 18.5. The molecule has 2 aliphatic rings. The van der Waals surface area contributed by atoms with Crippen molar-refractivity contribution >= 4 is 5.91 Å². The van der Waals surface area contributed by atoms with E-state index in [1.165, 1.54) is 0 Å². The number of hydrogen-bond donors (Lipinski definition) is 1. The maximum absolute atomic E-state index is 13.7. The summed E-state index contributed by atoms with van der Waals surface area (Å²) in [5, 5.41) is 9.30. The number of nitrogens with zero attached hydrogens (tertiary/aromatic N) is 3. The monoisotopic (exact) mass is 519 g/mol. The van der Waals surface area contributed by atoms with Crippen LogP contribution in [0.1, 0.15) is 34.7 Å². The molecule has 3 heterocycles. The van der Waals surface area contributed by atoms with Gasteiger partial charge in [0.05, 0.1) is 32.1 Å². The molecule has 0 saturated carbocycles. The van der Waals surface area contributed by atoms with E-state index in [1.807, 2.05) is 73.3 Å². The van der Waals surface area contributed by atoms with Crippen molar-refractivity contribution in [2.45, 2.75) is 38.8 Å². The van der Waals surface area contributed by atoms with Crippen LogP contribution < -0.4 is 5.56 Å². The first kappa shape index (κ1) is 26.0. The highest BCUT2D eigenvalue weighted by Gasteiger charge is 2.34. The number of benzene rings is 2. The molecule has 0 bridgehead atoms. The number of morpholine rings is 1. The summed E-state index contributed by atoms with van der Waals surface area (Å²) in [6, 6.07) is 17.0. The van der Waals surface area contributed by atoms with Crippen LogP contribution >= 0.6 is 0 Å². The fourth-order valence-electron chi connectivity index (χ4n) is 4.98. The lowest BCUT2D eigenvalue weighted by Gasteiger charge is -2.32. The van der Waals surface area contributed by atoms with Crippen LogP contribution in [-0.4, -0.2) is 57.9 Å². The molecule has 0 spiro atoms. The van der Waals surface area contributed by atoms with Gasteiger partial charge in [-0.3, -0.25) is 14.3 Å². The maximum atomic E-state index is 13.7. The number of para-hydroxylation sites is 1. The third-order valence-electron chi connectivity index (χ3n) is 7.18. The SMILES string of the molecule is Cc1c([C@@H]2C=C(C(=O)N3CCOCC3)O[C@H](OCc3ccc(CO)cc3)C2)c(=O)n(-c2ccccc2)n1C. The van der Waals surface area contributed by atoms with Crippen LogP contribution in [-0.2, 0) is 39.3 Å². The van der Waals surface area contributed by atoms with E-state index in [9.17, 15) is 14.7 Å². The Bertz CT molecular complexity index is 1350. The number of allylic oxidation sites excluding steroid dienone is 1. The number of ether oxygens (including phenoxy) is 3. The second kappa shape index (κ2) is 11.4. The van der Waals surface area contributed by atoms with Gasteiger partial charge in [0.1, 0.15) is 0 Å². The highest BCUT2D eigenvalue weighted by atomic mass is 16.7. The van der Waals surface area contributed by atoms with E-state index in [4.69, 9.17) is 14.2 Å². The molecule has 1 N–H and O–H groups in total. The number of aliphatic hydroxyl groups excluding tert-OH is 1. The van der Waals surface area contributed by atoms with Crippen LogP contribution in [0.15, 0.2) is 71.2 Å². The second-order valence-electron chi connectivity index (χ2n) is 9.59. The zero-order chi connectivity index (χ0) is 26.6. The first-order valence-corrected chi connectivity index (χ1v) is 12.9. The number of amides is 1. The summed E-state index contributed by atoms with van der Waals surface area (Å²) >= 11 is 0. The van der Waals surface area contributed by atoms with Gasteiger partial charge in [-0.05, 0) is 36.3 Å². The summed E-state index contributed by atoms with van der Waals surface area (Å²) < 4.78 is 21.1. The Labute approximate surface area is 221 Å². The van der Waals surface area contributed by atoms with E-state index >= 15 is 0 Å². The third kappa shape index (κ3) is 5.31.